The summed E-state index contributed by atoms with van der Waals surface area (Å²) in [4.78, 5) is 23.7. The summed E-state index contributed by atoms with van der Waals surface area (Å²) < 4.78 is 0. The smallest absolute Gasteiger partial charge is 0.317 e. The van der Waals surface area contributed by atoms with Crippen molar-refractivity contribution < 1.29 is 14.7 Å². The Morgan fingerprint density at radius 3 is 2.32 bits per heavy atom. The zero-order valence-electron chi connectivity index (χ0n) is 12.6. The summed E-state index contributed by atoms with van der Waals surface area (Å²) in [5, 5.41) is 11.5. The van der Waals surface area contributed by atoms with Gasteiger partial charge in [-0.05, 0) is 25.7 Å². The van der Waals surface area contributed by atoms with Gasteiger partial charge in [0.25, 0.3) is 0 Å². The van der Waals surface area contributed by atoms with E-state index in [1.807, 2.05) is 6.92 Å². The minimum atomic E-state index is -0.823. The highest BCUT2D eigenvalue weighted by Gasteiger charge is 2.12. The normalized spacial score (nSPS) is 12.3. The molecular formula is C14H28N2O3. The summed E-state index contributed by atoms with van der Waals surface area (Å²) in [7, 11) is 1.69. The standard InChI is InChI=1S/C14H28N2O3/c1-11(2)7-5-8-12(3)15-14(19)16(4)10-6-9-13(17)18/h11-12H,5-10H2,1-4H3,(H,15,19)(H,17,18). The van der Waals surface area contributed by atoms with Crippen LogP contribution in [-0.4, -0.2) is 41.6 Å². The largest absolute Gasteiger partial charge is 0.481 e. The van der Waals surface area contributed by atoms with Gasteiger partial charge in [0.05, 0.1) is 0 Å². The van der Waals surface area contributed by atoms with Crippen LogP contribution in [0, 0.1) is 5.92 Å². The minimum absolute atomic E-state index is 0.0988. The highest BCUT2D eigenvalue weighted by molar-refractivity contribution is 5.74. The second-order valence-electron chi connectivity index (χ2n) is 5.59. The first-order chi connectivity index (χ1) is 8.82. The van der Waals surface area contributed by atoms with Gasteiger partial charge < -0.3 is 15.3 Å². The Balaban J connectivity index is 3.78. The van der Waals surface area contributed by atoms with Crippen molar-refractivity contribution in [2.24, 2.45) is 5.92 Å². The Morgan fingerprint density at radius 1 is 1.16 bits per heavy atom. The van der Waals surface area contributed by atoms with E-state index in [2.05, 4.69) is 19.2 Å². The first-order valence-electron chi connectivity index (χ1n) is 7.06. The highest BCUT2D eigenvalue weighted by Crippen LogP contribution is 2.08. The molecule has 112 valence electrons. The SMILES string of the molecule is CC(C)CCCC(C)NC(=O)N(C)CCCC(=O)O. The average Bonchev–Trinajstić information content (AvgIpc) is 2.27. The van der Waals surface area contributed by atoms with Crippen LogP contribution in [0.25, 0.3) is 0 Å². The molecule has 0 radical (unpaired) electrons. The van der Waals surface area contributed by atoms with Gasteiger partial charge in [-0.15, -0.1) is 0 Å². The van der Waals surface area contributed by atoms with Crippen LogP contribution in [0.1, 0.15) is 52.9 Å². The van der Waals surface area contributed by atoms with Gasteiger partial charge in [-0.1, -0.05) is 26.7 Å². The Hall–Kier alpha value is -1.26. The number of carbonyl (C=O) groups excluding carboxylic acids is 1. The maximum absolute atomic E-state index is 11.8. The Morgan fingerprint density at radius 2 is 1.79 bits per heavy atom. The van der Waals surface area contributed by atoms with Crippen molar-refractivity contribution in [2.45, 2.75) is 58.9 Å². The highest BCUT2D eigenvalue weighted by atomic mass is 16.4. The molecule has 0 spiro atoms. The van der Waals surface area contributed by atoms with E-state index in [1.165, 1.54) is 6.42 Å². The number of hydrogen-bond acceptors (Lipinski definition) is 2. The number of hydrogen-bond donors (Lipinski definition) is 2. The summed E-state index contributed by atoms with van der Waals surface area (Å²) in [5.74, 6) is -0.127. The predicted molar refractivity (Wildman–Crippen MR) is 76.2 cm³/mol. The van der Waals surface area contributed by atoms with Gasteiger partial charge in [0, 0.05) is 26.1 Å². The number of carbonyl (C=O) groups is 2. The van der Waals surface area contributed by atoms with Crippen LogP contribution in [0.4, 0.5) is 4.79 Å². The van der Waals surface area contributed by atoms with Gasteiger partial charge in [-0.2, -0.15) is 0 Å². The Labute approximate surface area is 116 Å². The van der Waals surface area contributed by atoms with Crippen molar-refractivity contribution >= 4 is 12.0 Å². The molecule has 0 aromatic carbocycles. The molecule has 19 heavy (non-hydrogen) atoms. The number of carboxylic acid groups (broad SMARTS) is 1. The van der Waals surface area contributed by atoms with E-state index >= 15 is 0 Å². The zero-order chi connectivity index (χ0) is 14.8. The summed E-state index contributed by atoms with van der Waals surface area (Å²) in [6.07, 6.45) is 3.85. The topological polar surface area (TPSA) is 69.6 Å². The maximum Gasteiger partial charge on any atom is 0.317 e. The molecule has 1 unspecified atom stereocenters. The first-order valence-corrected chi connectivity index (χ1v) is 7.06. The monoisotopic (exact) mass is 272 g/mol. The minimum Gasteiger partial charge on any atom is -0.481 e. The fraction of sp³-hybridized carbons (Fsp3) is 0.857. The molecule has 2 N–H and O–H groups in total. The second-order valence-corrected chi connectivity index (χ2v) is 5.59. The van der Waals surface area contributed by atoms with Crippen molar-refractivity contribution in [3.8, 4) is 0 Å². The van der Waals surface area contributed by atoms with Gasteiger partial charge in [-0.3, -0.25) is 4.79 Å². The fourth-order valence-corrected chi connectivity index (χ4v) is 1.79. The molecule has 0 rings (SSSR count). The average molecular weight is 272 g/mol. The molecule has 0 saturated carbocycles. The molecule has 0 heterocycles. The quantitative estimate of drug-likeness (QED) is 0.678. The molecule has 5 nitrogen and oxygen atoms in total. The number of rotatable bonds is 9. The Bertz CT molecular complexity index is 280. The van der Waals surface area contributed by atoms with E-state index in [-0.39, 0.29) is 18.5 Å². The lowest BCUT2D eigenvalue weighted by Crippen LogP contribution is -2.42. The van der Waals surface area contributed by atoms with E-state index < -0.39 is 5.97 Å². The number of nitrogens with one attached hydrogen (secondary N) is 1. The molecule has 5 heteroatoms. The lowest BCUT2D eigenvalue weighted by Gasteiger charge is -2.21. The first kappa shape index (κ1) is 17.7. The molecule has 0 bridgehead atoms. The third-order valence-electron chi connectivity index (χ3n) is 3.02. The van der Waals surface area contributed by atoms with Crippen LogP contribution in [0.15, 0.2) is 0 Å². The summed E-state index contributed by atoms with van der Waals surface area (Å²) in [5.41, 5.74) is 0. The van der Waals surface area contributed by atoms with E-state index in [9.17, 15) is 9.59 Å². The number of urea groups is 1. The molecule has 0 saturated heterocycles. The van der Waals surface area contributed by atoms with Gasteiger partial charge in [-0.25, -0.2) is 4.79 Å². The lowest BCUT2D eigenvalue weighted by molar-refractivity contribution is -0.137. The van der Waals surface area contributed by atoms with Crippen molar-refractivity contribution in [1.29, 1.82) is 0 Å². The van der Waals surface area contributed by atoms with Crippen LogP contribution in [0.2, 0.25) is 0 Å². The second kappa shape index (κ2) is 9.64. The van der Waals surface area contributed by atoms with Crippen LogP contribution >= 0.6 is 0 Å². The molecule has 0 fully saturated rings. The number of amides is 2. The van der Waals surface area contributed by atoms with Gasteiger partial charge in [0.1, 0.15) is 0 Å². The number of nitrogens with zero attached hydrogens (tertiary/aromatic N) is 1. The number of aliphatic carboxylic acids is 1. The lowest BCUT2D eigenvalue weighted by atomic mass is 10.0. The van der Waals surface area contributed by atoms with Crippen molar-refractivity contribution in [3.05, 3.63) is 0 Å². The summed E-state index contributed by atoms with van der Waals surface area (Å²) >= 11 is 0. The van der Waals surface area contributed by atoms with E-state index in [4.69, 9.17) is 5.11 Å². The van der Waals surface area contributed by atoms with Gasteiger partial charge in [0.15, 0.2) is 0 Å². The van der Waals surface area contributed by atoms with E-state index in [0.29, 0.717) is 18.9 Å². The fourth-order valence-electron chi connectivity index (χ4n) is 1.79. The third kappa shape index (κ3) is 10.4. The van der Waals surface area contributed by atoms with Crippen molar-refractivity contribution in [1.82, 2.24) is 10.2 Å². The molecule has 1 atom stereocenters. The van der Waals surface area contributed by atoms with Gasteiger partial charge >= 0.3 is 12.0 Å². The van der Waals surface area contributed by atoms with Crippen LogP contribution in [0.5, 0.6) is 0 Å². The van der Waals surface area contributed by atoms with Gasteiger partial charge in [0.2, 0.25) is 0 Å². The maximum atomic E-state index is 11.8. The summed E-state index contributed by atoms with van der Waals surface area (Å²) in [6.45, 7) is 6.86. The molecule has 2 amide bonds. The number of carboxylic acids is 1. The van der Waals surface area contributed by atoms with Crippen LogP contribution in [0.3, 0.4) is 0 Å². The predicted octanol–water partition coefficient (Wildman–Crippen LogP) is 2.71. The summed E-state index contributed by atoms with van der Waals surface area (Å²) in [6, 6.07) is 0.0376. The van der Waals surface area contributed by atoms with Crippen molar-refractivity contribution in [2.75, 3.05) is 13.6 Å². The van der Waals surface area contributed by atoms with E-state index in [0.717, 1.165) is 12.8 Å². The van der Waals surface area contributed by atoms with Crippen LogP contribution in [-0.2, 0) is 4.79 Å². The molecule has 0 aliphatic rings. The third-order valence-corrected chi connectivity index (χ3v) is 3.02. The van der Waals surface area contributed by atoms with E-state index in [1.54, 1.807) is 11.9 Å². The van der Waals surface area contributed by atoms with Crippen LogP contribution < -0.4 is 5.32 Å². The van der Waals surface area contributed by atoms with Crippen molar-refractivity contribution in [3.63, 3.8) is 0 Å². The molecule has 0 aromatic rings. The molecule has 0 aliphatic carbocycles. The Kier molecular flexibility index (Phi) is 9.00. The zero-order valence-corrected chi connectivity index (χ0v) is 12.6. The molecule has 0 aromatic heterocycles. The molecular weight excluding hydrogens is 244 g/mol. The molecule has 0 aliphatic heterocycles.